The molecule has 2 aromatic carbocycles. The van der Waals surface area contributed by atoms with Gasteiger partial charge < -0.3 is 15.0 Å². The maximum atomic E-state index is 13.6. The molecular formula is C21H20F2N2O4S. The van der Waals surface area contributed by atoms with Gasteiger partial charge in [-0.15, -0.1) is 11.8 Å². The number of nitrogens with zero attached hydrogens (tertiary/aromatic N) is 1. The van der Waals surface area contributed by atoms with Crippen LogP contribution in [-0.4, -0.2) is 48.1 Å². The van der Waals surface area contributed by atoms with Crippen molar-refractivity contribution in [3.05, 3.63) is 59.7 Å². The molecule has 30 heavy (non-hydrogen) atoms. The van der Waals surface area contributed by atoms with E-state index in [4.69, 9.17) is 4.74 Å². The molecule has 0 radical (unpaired) electrons. The first-order valence-electron chi connectivity index (χ1n) is 9.35. The normalized spacial score (nSPS) is 13.2. The molecule has 1 aliphatic rings. The van der Waals surface area contributed by atoms with Gasteiger partial charge in [0.05, 0.1) is 17.0 Å². The van der Waals surface area contributed by atoms with Crippen molar-refractivity contribution in [3.63, 3.8) is 0 Å². The lowest BCUT2D eigenvalue weighted by molar-refractivity contribution is -0.127. The molecule has 2 aromatic rings. The predicted molar refractivity (Wildman–Crippen MR) is 108 cm³/mol. The van der Waals surface area contributed by atoms with Crippen molar-refractivity contribution in [2.45, 2.75) is 17.7 Å². The molecule has 1 aliphatic heterocycles. The summed E-state index contributed by atoms with van der Waals surface area (Å²) in [6, 6.07) is 9.25. The van der Waals surface area contributed by atoms with Crippen molar-refractivity contribution in [1.82, 2.24) is 4.90 Å². The van der Waals surface area contributed by atoms with Gasteiger partial charge in [0.2, 0.25) is 5.91 Å². The van der Waals surface area contributed by atoms with E-state index in [1.54, 1.807) is 23.1 Å². The van der Waals surface area contributed by atoms with Gasteiger partial charge >= 0.3 is 5.97 Å². The number of nitrogens with one attached hydrogen (secondary N) is 1. The molecule has 1 saturated heterocycles. The van der Waals surface area contributed by atoms with Crippen LogP contribution in [0.15, 0.2) is 47.4 Å². The van der Waals surface area contributed by atoms with Crippen LogP contribution >= 0.6 is 11.8 Å². The number of halogens is 2. The number of esters is 1. The number of rotatable bonds is 7. The maximum absolute atomic E-state index is 13.6. The van der Waals surface area contributed by atoms with Gasteiger partial charge in [-0.2, -0.15) is 0 Å². The first-order chi connectivity index (χ1) is 14.4. The molecule has 2 amide bonds. The van der Waals surface area contributed by atoms with Crippen molar-refractivity contribution in [3.8, 4) is 0 Å². The van der Waals surface area contributed by atoms with E-state index in [0.717, 1.165) is 44.1 Å². The molecule has 158 valence electrons. The monoisotopic (exact) mass is 434 g/mol. The SMILES string of the molecule is O=C(COC(=O)c1ccccc1SCC(=O)N1CCCC1)Nc1cc(F)ccc1F. The van der Waals surface area contributed by atoms with E-state index in [1.807, 2.05) is 0 Å². The van der Waals surface area contributed by atoms with Gasteiger partial charge in [0.25, 0.3) is 5.91 Å². The summed E-state index contributed by atoms with van der Waals surface area (Å²) < 4.78 is 31.8. The standard InChI is InChI=1S/C21H20F2N2O4S/c22-14-7-8-16(23)17(11-14)24-19(26)12-29-21(28)15-5-1-2-6-18(15)30-13-20(27)25-9-3-4-10-25/h1-2,5-8,11H,3-4,9-10,12-13H2,(H,24,26). The summed E-state index contributed by atoms with van der Waals surface area (Å²) in [5.41, 5.74) is -0.117. The van der Waals surface area contributed by atoms with Crippen LogP contribution in [0, 0.1) is 11.6 Å². The molecule has 3 rings (SSSR count). The fourth-order valence-corrected chi connectivity index (χ4v) is 3.89. The van der Waals surface area contributed by atoms with Crippen LogP contribution in [0.5, 0.6) is 0 Å². The Hall–Kier alpha value is -2.94. The van der Waals surface area contributed by atoms with Gasteiger partial charge in [-0.1, -0.05) is 12.1 Å². The Morgan fingerprint density at radius 3 is 2.57 bits per heavy atom. The number of likely N-dealkylation sites (tertiary alicyclic amines) is 1. The van der Waals surface area contributed by atoms with Crippen molar-refractivity contribution < 1.29 is 27.9 Å². The zero-order valence-electron chi connectivity index (χ0n) is 16.0. The van der Waals surface area contributed by atoms with E-state index >= 15 is 0 Å². The third kappa shape index (κ3) is 5.79. The number of carbonyl (C=O) groups is 3. The second-order valence-corrected chi connectivity index (χ2v) is 7.64. The molecule has 1 heterocycles. The summed E-state index contributed by atoms with van der Waals surface area (Å²) >= 11 is 1.23. The molecule has 0 atom stereocenters. The second-order valence-electron chi connectivity index (χ2n) is 6.62. The average Bonchev–Trinajstić information content (AvgIpc) is 3.28. The molecule has 0 aromatic heterocycles. The minimum Gasteiger partial charge on any atom is -0.452 e. The first-order valence-corrected chi connectivity index (χ1v) is 10.3. The maximum Gasteiger partial charge on any atom is 0.339 e. The lowest BCUT2D eigenvalue weighted by Gasteiger charge is -2.15. The Morgan fingerprint density at radius 2 is 1.80 bits per heavy atom. The van der Waals surface area contributed by atoms with Crippen LogP contribution in [0.2, 0.25) is 0 Å². The number of hydrogen-bond donors (Lipinski definition) is 1. The summed E-state index contributed by atoms with van der Waals surface area (Å²) in [6.45, 7) is 0.842. The smallest absolute Gasteiger partial charge is 0.339 e. The predicted octanol–water partition coefficient (Wildman–Crippen LogP) is 3.47. The molecule has 0 bridgehead atoms. The van der Waals surface area contributed by atoms with Gasteiger partial charge in [0.15, 0.2) is 6.61 Å². The van der Waals surface area contributed by atoms with Crippen LogP contribution in [-0.2, 0) is 14.3 Å². The van der Waals surface area contributed by atoms with Crippen molar-refractivity contribution in [2.24, 2.45) is 0 Å². The van der Waals surface area contributed by atoms with Crippen LogP contribution in [0.25, 0.3) is 0 Å². The first kappa shape index (κ1) is 21.8. The highest BCUT2D eigenvalue weighted by Crippen LogP contribution is 2.24. The minimum atomic E-state index is -0.805. The summed E-state index contributed by atoms with van der Waals surface area (Å²) in [4.78, 5) is 38.9. The van der Waals surface area contributed by atoms with Gasteiger partial charge in [0.1, 0.15) is 11.6 Å². The van der Waals surface area contributed by atoms with E-state index in [0.29, 0.717) is 4.90 Å². The molecule has 1 fully saturated rings. The number of hydrogen-bond acceptors (Lipinski definition) is 5. The van der Waals surface area contributed by atoms with Crippen molar-refractivity contribution >= 4 is 35.2 Å². The molecule has 1 N–H and O–H groups in total. The number of benzene rings is 2. The van der Waals surface area contributed by atoms with E-state index in [1.165, 1.54) is 17.8 Å². The Kier molecular flexibility index (Phi) is 7.40. The Labute approximate surface area is 176 Å². The summed E-state index contributed by atoms with van der Waals surface area (Å²) in [5, 5.41) is 2.16. The lowest BCUT2D eigenvalue weighted by Crippen LogP contribution is -2.29. The Morgan fingerprint density at radius 1 is 1.07 bits per heavy atom. The van der Waals surface area contributed by atoms with Crippen LogP contribution in [0.4, 0.5) is 14.5 Å². The van der Waals surface area contributed by atoms with Crippen molar-refractivity contribution in [1.29, 1.82) is 0 Å². The second kappa shape index (κ2) is 10.2. The zero-order chi connectivity index (χ0) is 21.5. The quantitative estimate of drug-likeness (QED) is 0.534. The van der Waals surface area contributed by atoms with Crippen LogP contribution in [0.3, 0.4) is 0 Å². The zero-order valence-corrected chi connectivity index (χ0v) is 16.8. The highest BCUT2D eigenvalue weighted by molar-refractivity contribution is 8.00. The molecule has 6 nitrogen and oxygen atoms in total. The van der Waals surface area contributed by atoms with Gasteiger partial charge in [-0.25, -0.2) is 13.6 Å². The molecule has 0 unspecified atom stereocenters. The van der Waals surface area contributed by atoms with Crippen molar-refractivity contribution in [2.75, 3.05) is 30.8 Å². The van der Waals surface area contributed by atoms with Gasteiger partial charge in [0, 0.05) is 24.1 Å². The fraction of sp³-hybridized carbons (Fsp3) is 0.286. The molecule has 0 spiro atoms. The summed E-state index contributed by atoms with van der Waals surface area (Å²) in [6.07, 6.45) is 2.00. The largest absolute Gasteiger partial charge is 0.452 e. The Balaban J connectivity index is 1.55. The topological polar surface area (TPSA) is 75.7 Å². The van der Waals surface area contributed by atoms with Crippen LogP contribution in [0.1, 0.15) is 23.2 Å². The minimum absolute atomic E-state index is 0.0113. The van der Waals surface area contributed by atoms with E-state index in [-0.39, 0.29) is 22.9 Å². The number of ether oxygens (including phenoxy) is 1. The summed E-state index contributed by atoms with van der Waals surface area (Å²) in [7, 11) is 0. The molecular weight excluding hydrogens is 414 g/mol. The lowest BCUT2D eigenvalue weighted by atomic mass is 10.2. The van der Waals surface area contributed by atoms with Gasteiger partial charge in [-0.05, 0) is 37.1 Å². The Bertz CT molecular complexity index is 948. The molecule has 0 aliphatic carbocycles. The van der Waals surface area contributed by atoms with E-state index in [2.05, 4.69) is 5.32 Å². The van der Waals surface area contributed by atoms with Gasteiger partial charge in [-0.3, -0.25) is 9.59 Å². The number of amides is 2. The molecule has 0 saturated carbocycles. The number of thioether (sulfide) groups is 1. The summed E-state index contributed by atoms with van der Waals surface area (Å²) in [5.74, 6) is -2.86. The number of carbonyl (C=O) groups excluding carboxylic acids is 3. The third-order valence-corrected chi connectivity index (χ3v) is 5.51. The molecule has 9 heteroatoms. The third-order valence-electron chi connectivity index (χ3n) is 4.45. The van der Waals surface area contributed by atoms with Crippen LogP contribution < -0.4 is 5.32 Å². The van der Waals surface area contributed by atoms with E-state index < -0.39 is 30.1 Å². The highest BCUT2D eigenvalue weighted by atomic mass is 32.2. The van der Waals surface area contributed by atoms with E-state index in [9.17, 15) is 23.2 Å². The highest BCUT2D eigenvalue weighted by Gasteiger charge is 2.20. The fourth-order valence-electron chi connectivity index (χ4n) is 2.95. The average molecular weight is 434 g/mol. The number of anilines is 1.